The van der Waals surface area contributed by atoms with Crippen LogP contribution in [0.4, 0.5) is 0 Å². The van der Waals surface area contributed by atoms with Gasteiger partial charge in [0.05, 0.1) is 11.1 Å². The number of nitrogens with zero attached hydrogens (tertiary/aromatic N) is 2. The van der Waals surface area contributed by atoms with Gasteiger partial charge in [0.1, 0.15) is 0 Å². The second kappa shape index (κ2) is 11.3. The van der Waals surface area contributed by atoms with Gasteiger partial charge in [-0.15, -0.1) is 0 Å². The Morgan fingerprint density at radius 3 is 2.39 bits per heavy atom. The lowest BCUT2D eigenvalue weighted by Crippen LogP contribution is -2.39. The van der Waals surface area contributed by atoms with Crippen molar-refractivity contribution < 1.29 is 14.3 Å². The molecule has 1 aromatic carbocycles. The Kier molecular flexibility index (Phi) is 8.46. The highest BCUT2D eigenvalue weighted by molar-refractivity contribution is 6.21. The summed E-state index contributed by atoms with van der Waals surface area (Å²) in [5, 5.41) is 6.73. The summed E-state index contributed by atoms with van der Waals surface area (Å²) >= 11 is 0. The molecule has 0 saturated heterocycles. The van der Waals surface area contributed by atoms with Crippen molar-refractivity contribution in [1.82, 2.24) is 15.5 Å². The predicted octanol–water partition coefficient (Wildman–Crippen LogP) is 3.21. The molecular weight excluding hydrogens is 392 g/mol. The second-order valence-corrected chi connectivity index (χ2v) is 8.59. The van der Waals surface area contributed by atoms with Crippen LogP contribution in [0.25, 0.3) is 0 Å². The third kappa shape index (κ3) is 5.85. The van der Waals surface area contributed by atoms with Crippen LogP contribution < -0.4 is 10.6 Å². The Morgan fingerprint density at radius 1 is 1.10 bits per heavy atom. The molecule has 0 unspecified atom stereocenters. The van der Waals surface area contributed by atoms with Gasteiger partial charge in [-0.1, -0.05) is 25.0 Å². The molecule has 2 amide bonds. The van der Waals surface area contributed by atoms with Gasteiger partial charge in [0.2, 0.25) is 0 Å². The third-order valence-electron chi connectivity index (χ3n) is 6.40. The fourth-order valence-corrected chi connectivity index (χ4v) is 4.56. The smallest absolute Gasteiger partial charge is 0.261 e. The number of amides is 2. The number of unbranched alkanes of at least 4 members (excludes halogenated alkanes) is 1. The van der Waals surface area contributed by atoms with Gasteiger partial charge in [-0.05, 0) is 56.6 Å². The van der Waals surface area contributed by atoms with E-state index in [0.717, 1.165) is 51.5 Å². The molecule has 0 aromatic heterocycles. The van der Waals surface area contributed by atoms with Crippen LogP contribution in [-0.2, 0) is 4.74 Å². The van der Waals surface area contributed by atoms with Gasteiger partial charge in [-0.2, -0.15) is 0 Å². The van der Waals surface area contributed by atoms with Crippen LogP contribution in [-0.4, -0.2) is 62.6 Å². The summed E-state index contributed by atoms with van der Waals surface area (Å²) in [5.41, 5.74) is 1.30. The predicted molar refractivity (Wildman–Crippen MR) is 122 cm³/mol. The number of nitrogens with one attached hydrogen (secondary N) is 2. The van der Waals surface area contributed by atoms with E-state index in [1.165, 1.54) is 30.6 Å². The number of carbonyl (C=O) groups is 2. The minimum absolute atomic E-state index is 0.179. The molecule has 1 heterocycles. The fourth-order valence-electron chi connectivity index (χ4n) is 4.56. The van der Waals surface area contributed by atoms with Crippen molar-refractivity contribution in [2.75, 3.05) is 39.9 Å². The zero-order valence-electron chi connectivity index (χ0n) is 18.9. The van der Waals surface area contributed by atoms with Gasteiger partial charge in [0.25, 0.3) is 11.8 Å². The molecule has 170 valence electrons. The molecule has 0 radical (unpaired) electrons. The van der Waals surface area contributed by atoms with E-state index in [0.29, 0.717) is 17.7 Å². The van der Waals surface area contributed by atoms with Gasteiger partial charge in [-0.25, -0.2) is 0 Å². The molecule has 1 saturated carbocycles. The van der Waals surface area contributed by atoms with Crippen molar-refractivity contribution in [3.63, 3.8) is 0 Å². The first-order chi connectivity index (χ1) is 15.1. The summed E-state index contributed by atoms with van der Waals surface area (Å²) in [6, 6.07) is 7.04. The molecular formula is C24H36N4O3. The van der Waals surface area contributed by atoms with E-state index in [4.69, 9.17) is 9.73 Å². The number of methoxy groups -OCH3 is 1. The summed E-state index contributed by atoms with van der Waals surface area (Å²) in [4.78, 5) is 31.1. The lowest BCUT2D eigenvalue weighted by Gasteiger charge is -2.27. The van der Waals surface area contributed by atoms with E-state index in [9.17, 15) is 9.59 Å². The third-order valence-corrected chi connectivity index (χ3v) is 6.40. The Bertz CT molecular complexity index is 752. The molecule has 1 aliphatic carbocycles. The molecule has 1 aromatic rings. The van der Waals surface area contributed by atoms with Gasteiger partial charge in [0.15, 0.2) is 5.96 Å². The SMILES string of the molecule is CCNC(=NCC1(CCOC)CCCC1)NCCCCN1C(=O)c2ccccc2C1=O. The Morgan fingerprint density at radius 2 is 1.77 bits per heavy atom. The van der Waals surface area contributed by atoms with E-state index in [-0.39, 0.29) is 17.2 Å². The highest BCUT2D eigenvalue weighted by atomic mass is 16.5. The van der Waals surface area contributed by atoms with Crippen LogP contribution in [0.1, 0.15) is 72.6 Å². The van der Waals surface area contributed by atoms with E-state index in [1.54, 1.807) is 31.4 Å². The number of rotatable bonds is 11. The quantitative estimate of drug-likeness (QED) is 0.245. The summed E-state index contributed by atoms with van der Waals surface area (Å²) in [5.74, 6) is 0.481. The first-order valence-electron chi connectivity index (χ1n) is 11.6. The Balaban J connectivity index is 1.44. The zero-order chi connectivity index (χ0) is 22.1. The highest BCUT2D eigenvalue weighted by Crippen LogP contribution is 2.41. The molecule has 0 spiro atoms. The number of ether oxygens (including phenoxy) is 1. The van der Waals surface area contributed by atoms with Crippen LogP contribution in [0, 0.1) is 5.41 Å². The fraction of sp³-hybridized carbons (Fsp3) is 0.625. The maximum Gasteiger partial charge on any atom is 0.261 e. The lowest BCUT2D eigenvalue weighted by molar-refractivity contribution is 0.0652. The Labute approximate surface area is 185 Å². The van der Waals surface area contributed by atoms with E-state index in [1.807, 2.05) is 0 Å². The van der Waals surface area contributed by atoms with Crippen molar-refractivity contribution in [2.24, 2.45) is 10.4 Å². The number of hydrogen-bond acceptors (Lipinski definition) is 4. The van der Waals surface area contributed by atoms with E-state index < -0.39 is 0 Å². The van der Waals surface area contributed by atoms with Gasteiger partial charge >= 0.3 is 0 Å². The van der Waals surface area contributed by atoms with Gasteiger partial charge < -0.3 is 15.4 Å². The maximum absolute atomic E-state index is 12.4. The van der Waals surface area contributed by atoms with Crippen molar-refractivity contribution in [2.45, 2.75) is 51.9 Å². The second-order valence-electron chi connectivity index (χ2n) is 8.59. The van der Waals surface area contributed by atoms with Crippen LogP contribution in [0.3, 0.4) is 0 Å². The maximum atomic E-state index is 12.4. The topological polar surface area (TPSA) is 83.0 Å². The van der Waals surface area contributed by atoms with Crippen molar-refractivity contribution in [1.29, 1.82) is 0 Å². The largest absolute Gasteiger partial charge is 0.385 e. The molecule has 2 N–H and O–H groups in total. The monoisotopic (exact) mass is 428 g/mol. The van der Waals surface area contributed by atoms with Crippen molar-refractivity contribution in [3.8, 4) is 0 Å². The number of imide groups is 1. The number of benzene rings is 1. The number of hydrogen-bond donors (Lipinski definition) is 2. The normalized spacial score (nSPS) is 17.9. The highest BCUT2D eigenvalue weighted by Gasteiger charge is 2.35. The minimum atomic E-state index is -0.179. The van der Waals surface area contributed by atoms with Crippen LogP contribution >= 0.6 is 0 Å². The number of fused-ring (bicyclic) bond motifs is 1. The molecule has 3 rings (SSSR count). The minimum Gasteiger partial charge on any atom is -0.385 e. The Hall–Kier alpha value is -2.41. The number of carbonyl (C=O) groups excluding carboxylic acids is 2. The van der Waals surface area contributed by atoms with Crippen LogP contribution in [0.5, 0.6) is 0 Å². The first kappa shape index (κ1) is 23.3. The van der Waals surface area contributed by atoms with Crippen LogP contribution in [0.2, 0.25) is 0 Å². The molecule has 1 aliphatic heterocycles. The van der Waals surface area contributed by atoms with Crippen molar-refractivity contribution in [3.05, 3.63) is 35.4 Å². The molecule has 7 heteroatoms. The number of guanidine groups is 1. The summed E-state index contributed by atoms with van der Waals surface area (Å²) in [6.07, 6.45) is 7.68. The number of aliphatic imine (C=N–C) groups is 1. The van der Waals surface area contributed by atoms with Gasteiger partial charge in [-0.3, -0.25) is 19.5 Å². The zero-order valence-corrected chi connectivity index (χ0v) is 18.9. The van der Waals surface area contributed by atoms with Gasteiger partial charge in [0, 0.05) is 39.9 Å². The lowest BCUT2D eigenvalue weighted by atomic mass is 9.83. The summed E-state index contributed by atoms with van der Waals surface area (Å²) in [6.45, 7) is 5.68. The first-order valence-corrected chi connectivity index (χ1v) is 11.6. The standard InChI is InChI=1S/C24H36N4O3/c1-3-25-23(27-18-24(14-17-31-2)12-6-7-13-24)26-15-8-9-16-28-21(29)19-10-4-5-11-20(19)22(28)30/h4-5,10-11H,3,6-9,12-18H2,1-2H3,(H2,25,26,27). The molecule has 7 nitrogen and oxygen atoms in total. The van der Waals surface area contributed by atoms with Crippen molar-refractivity contribution >= 4 is 17.8 Å². The molecule has 0 atom stereocenters. The molecule has 2 aliphatic rings. The molecule has 31 heavy (non-hydrogen) atoms. The molecule has 0 bridgehead atoms. The summed E-state index contributed by atoms with van der Waals surface area (Å²) < 4.78 is 5.32. The molecule has 1 fully saturated rings. The average molecular weight is 429 g/mol. The average Bonchev–Trinajstić information content (AvgIpc) is 3.35. The van der Waals surface area contributed by atoms with E-state index >= 15 is 0 Å². The summed E-state index contributed by atoms with van der Waals surface area (Å²) in [7, 11) is 1.76. The van der Waals surface area contributed by atoms with E-state index in [2.05, 4.69) is 17.6 Å². The van der Waals surface area contributed by atoms with Crippen LogP contribution in [0.15, 0.2) is 29.3 Å².